The molecule has 1 aliphatic carbocycles. The molecule has 0 aromatic heterocycles. The Morgan fingerprint density at radius 1 is 0.974 bits per heavy atom. The topological polar surface area (TPSA) is 66.4 Å². The minimum atomic E-state index is -1.81. The van der Waals surface area contributed by atoms with Crippen molar-refractivity contribution in [3.63, 3.8) is 0 Å². The molecule has 226 valence electrons. The molecule has 0 bridgehead atoms. The van der Waals surface area contributed by atoms with Gasteiger partial charge in [-0.15, -0.1) is 0 Å². The Hall–Kier alpha value is -1.01. The molecule has 4 atom stereocenters. The largest absolute Gasteiger partial charge is 0.520 e. The smallest absolute Gasteiger partial charge is 0.292 e. The van der Waals surface area contributed by atoms with E-state index in [4.69, 9.17) is 18.1 Å². The number of hydrogen-bond acceptors (Lipinski definition) is 6. The molecule has 0 aromatic rings. The molecule has 1 fully saturated rings. The van der Waals surface area contributed by atoms with Gasteiger partial charge in [-0.2, -0.15) is 0 Å². The number of rotatable bonds is 18. The predicted octanol–water partition coefficient (Wildman–Crippen LogP) is 8.70. The molecule has 0 radical (unpaired) electrons. The first-order valence-corrected chi connectivity index (χ1v) is 25.3. The highest BCUT2D eigenvalue weighted by atomic mass is 28.4. The van der Waals surface area contributed by atoms with Crippen molar-refractivity contribution in [2.24, 2.45) is 17.0 Å². The van der Waals surface area contributed by atoms with Gasteiger partial charge in [0.25, 0.3) is 5.97 Å². The standard InChI is InChI=1S/C30H59NO5Si3/c1-12-13-16-19-25(34-37(3,4)5)22-23-27-26(28(31-33-2)24-29(27)35-38(6,7)8)20-17-14-15-18-21-30(32)36-39(9,10)11/h14,17,22-23,25-27,29H,12-13,15-16,18-21,24H2,1-11H3/b17-14+,23-22+,31-28-/t25-,26-,27+,29+/m0/s1. The molecule has 0 N–H and O–H groups in total. The van der Waals surface area contributed by atoms with Crippen LogP contribution in [0.15, 0.2) is 29.5 Å². The third-order valence-corrected chi connectivity index (χ3v) is 9.18. The number of oxime groups is 1. The highest BCUT2D eigenvalue weighted by Crippen LogP contribution is 2.38. The number of allylic oxidation sites excluding steroid dienone is 2. The first kappa shape index (κ1) is 36.0. The number of carbonyl (C=O) groups excluding carboxylic acids is 1. The van der Waals surface area contributed by atoms with Crippen molar-refractivity contribution < 1.29 is 22.9 Å². The Morgan fingerprint density at radius 2 is 1.67 bits per heavy atom. The lowest BCUT2D eigenvalue weighted by Crippen LogP contribution is -2.35. The fourth-order valence-corrected chi connectivity index (χ4v) is 7.97. The summed E-state index contributed by atoms with van der Waals surface area (Å²) in [6, 6.07) is 0. The molecule has 6 nitrogen and oxygen atoms in total. The zero-order valence-corrected chi connectivity index (χ0v) is 30.0. The molecule has 0 aliphatic heterocycles. The van der Waals surface area contributed by atoms with E-state index in [9.17, 15) is 4.79 Å². The molecule has 0 amide bonds. The van der Waals surface area contributed by atoms with Gasteiger partial charge in [-0.3, -0.25) is 4.79 Å². The predicted molar refractivity (Wildman–Crippen MR) is 173 cm³/mol. The van der Waals surface area contributed by atoms with E-state index in [-0.39, 0.29) is 30.0 Å². The van der Waals surface area contributed by atoms with E-state index in [1.165, 1.54) is 19.3 Å². The van der Waals surface area contributed by atoms with Crippen LogP contribution in [0.1, 0.15) is 64.7 Å². The Labute approximate surface area is 243 Å². The lowest BCUT2D eigenvalue weighted by molar-refractivity contribution is -0.135. The molecule has 9 heteroatoms. The average molecular weight is 598 g/mol. The third kappa shape index (κ3) is 16.8. The van der Waals surface area contributed by atoms with Gasteiger partial charge in [0, 0.05) is 24.7 Å². The molecule has 0 saturated heterocycles. The SMILES string of the molecule is CCCCC[C@@H](/C=C/[C@@H]1[C@H](C/C=C/CCCC(=O)O[Si](C)(C)C)/C(=N\OC)C[C@H]1O[Si](C)(C)C)O[Si](C)(C)C. The minimum Gasteiger partial charge on any atom is -0.520 e. The van der Waals surface area contributed by atoms with Crippen molar-refractivity contribution in [3.05, 3.63) is 24.3 Å². The van der Waals surface area contributed by atoms with Crippen LogP contribution < -0.4 is 0 Å². The van der Waals surface area contributed by atoms with Crippen molar-refractivity contribution in [1.82, 2.24) is 0 Å². The second kappa shape index (κ2) is 17.1. The lowest BCUT2D eigenvalue weighted by atomic mass is 9.89. The molecule has 1 rings (SSSR count). The van der Waals surface area contributed by atoms with Crippen molar-refractivity contribution >= 4 is 36.6 Å². The van der Waals surface area contributed by atoms with E-state index in [0.717, 1.165) is 37.8 Å². The van der Waals surface area contributed by atoms with Gasteiger partial charge in [-0.1, -0.05) is 55.6 Å². The summed E-state index contributed by atoms with van der Waals surface area (Å²) in [5.41, 5.74) is 1.08. The van der Waals surface area contributed by atoms with Crippen LogP contribution in [-0.2, 0) is 22.9 Å². The Morgan fingerprint density at radius 3 is 2.23 bits per heavy atom. The van der Waals surface area contributed by atoms with E-state index in [2.05, 4.69) is 75.7 Å². The second-order valence-electron chi connectivity index (χ2n) is 13.8. The number of unbranched alkanes of at least 4 members (excludes halogenated alkanes) is 3. The first-order valence-electron chi connectivity index (χ1n) is 15.1. The monoisotopic (exact) mass is 597 g/mol. The Kier molecular flexibility index (Phi) is 15.8. The maximum atomic E-state index is 12.0. The number of nitrogens with zero attached hydrogens (tertiary/aromatic N) is 1. The zero-order valence-electron chi connectivity index (χ0n) is 27.0. The second-order valence-corrected chi connectivity index (χ2v) is 27.1. The van der Waals surface area contributed by atoms with Gasteiger partial charge in [-0.05, 0) is 84.6 Å². The van der Waals surface area contributed by atoms with Crippen molar-refractivity contribution in [1.29, 1.82) is 0 Å². The van der Waals surface area contributed by atoms with E-state index in [1.807, 2.05) is 19.6 Å². The van der Waals surface area contributed by atoms with Gasteiger partial charge in [0.1, 0.15) is 7.11 Å². The summed E-state index contributed by atoms with van der Waals surface area (Å²) in [6.07, 6.45) is 17.9. The summed E-state index contributed by atoms with van der Waals surface area (Å²) >= 11 is 0. The van der Waals surface area contributed by atoms with Crippen molar-refractivity contribution in [2.75, 3.05) is 7.11 Å². The van der Waals surface area contributed by atoms with Crippen LogP contribution in [0.4, 0.5) is 0 Å². The number of hydrogen-bond donors (Lipinski definition) is 0. The Balaban J connectivity index is 3.03. The number of carbonyl (C=O) groups is 1. The summed E-state index contributed by atoms with van der Waals surface area (Å²) in [5.74, 6) is 0.373. The van der Waals surface area contributed by atoms with E-state index < -0.39 is 25.0 Å². The molecular weight excluding hydrogens is 539 g/mol. The van der Waals surface area contributed by atoms with Crippen LogP contribution in [0.5, 0.6) is 0 Å². The molecule has 0 heterocycles. The van der Waals surface area contributed by atoms with Gasteiger partial charge in [0.05, 0.1) is 17.9 Å². The van der Waals surface area contributed by atoms with Crippen LogP contribution in [0, 0.1) is 11.8 Å². The molecule has 1 aliphatic rings. The molecule has 0 unspecified atom stereocenters. The lowest BCUT2D eigenvalue weighted by Gasteiger charge is -2.29. The highest BCUT2D eigenvalue weighted by molar-refractivity contribution is 6.71. The summed E-state index contributed by atoms with van der Waals surface area (Å²) in [6.45, 7) is 21.9. The van der Waals surface area contributed by atoms with Gasteiger partial charge in [0.15, 0.2) is 16.6 Å². The molecule has 0 spiro atoms. The summed E-state index contributed by atoms with van der Waals surface area (Å²) in [7, 11) is -3.62. The summed E-state index contributed by atoms with van der Waals surface area (Å²) < 4.78 is 18.8. The normalized spacial score (nSPS) is 22.7. The summed E-state index contributed by atoms with van der Waals surface area (Å²) in [4.78, 5) is 17.3. The van der Waals surface area contributed by atoms with E-state index in [0.29, 0.717) is 6.42 Å². The Bertz CT molecular complexity index is 809. The molecule has 1 saturated carbocycles. The average Bonchev–Trinajstić information content (AvgIpc) is 3.06. The summed E-state index contributed by atoms with van der Waals surface area (Å²) in [5, 5.41) is 4.46. The third-order valence-electron chi connectivity index (χ3n) is 6.32. The van der Waals surface area contributed by atoms with Crippen LogP contribution >= 0.6 is 0 Å². The molecule has 39 heavy (non-hydrogen) atoms. The maximum absolute atomic E-state index is 12.0. The van der Waals surface area contributed by atoms with Gasteiger partial charge in [-0.25, -0.2) is 0 Å². The van der Waals surface area contributed by atoms with Crippen LogP contribution in [0.2, 0.25) is 58.9 Å². The molecular formula is C30H59NO5Si3. The molecule has 0 aromatic carbocycles. The van der Waals surface area contributed by atoms with E-state index in [1.54, 1.807) is 7.11 Å². The highest BCUT2D eigenvalue weighted by Gasteiger charge is 2.42. The van der Waals surface area contributed by atoms with Gasteiger partial charge in [0.2, 0.25) is 8.32 Å². The minimum absolute atomic E-state index is 0.0709. The van der Waals surface area contributed by atoms with Crippen LogP contribution in [0.3, 0.4) is 0 Å². The zero-order chi connectivity index (χ0) is 29.7. The quantitative estimate of drug-likeness (QED) is 0.0684. The van der Waals surface area contributed by atoms with Crippen molar-refractivity contribution in [3.8, 4) is 0 Å². The van der Waals surface area contributed by atoms with E-state index >= 15 is 0 Å². The van der Waals surface area contributed by atoms with Crippen molar-refractivity contribution in [2.45, 2.75) is 136 Å². The maximum Gasteiger partial charge on any atom is 0.292 e. The van der Waals surface area contributed by atoms with Gasteiger partial charge < -0.3 is 18.1 Å². The fourth-order valence-electron chi connectivity index (χ4n) is 4.94. The van der Waals surface area contributed by atoms with Crippen LogP contribution in [-0.4, -0.2) is 56.0 Å². The van der Waals surface area contributed by atoms with Gasteiger partial charge >= 0.3 is 0 Å². The fraction of sp³-hybridized carbons (Fsp3) is 0.800. The first-order chi connectivity index (χ1) is 18.0. The van der Waals surface area contributed by atoms with Crippen LogP contribution in [0.25, 0.3) is 0 Å².